The van der Waals surface area contributed by atoms with Gasteiger partial charge in [0.25, 0.3) is 5.91 Å². The van der Waals surface area contributed by atoms with Gasteiger partial charge in [-0.15, -0.1) is 11.3 Å². The van der Waals surface area contributed by atoms with Gasteiger partial charge < -0.3 is 5.32 Å². The lowest BCUT2D eigenvalue weighted by Crippen LogP contribution is -2.26. The van der Waals surface area contributed by atoms with E-state index in [0.29, 0.717) is 5.69 Å². The predicted octanol–water partition coefficient (Wildman–Crippen LogP) is 3.64. The highest BCUT2D eigenvalue weighted by Crippen LogP contribution is 2.28. The minimum absolute atomic E-state index is 0.0729. The average Bonchev–Trinajstić information content (AvgIpc) is 3.14. The predicted molar refractivity (Wildman–Crippen MR) is 91.5 cm³/mol. The smallest absolute Gasteiger partial charge is 0.272 e. The first kappa shape index (κ1) is 15.4. The Labute approximate surface area is 138 Å². The minimum atomic E-state index is -0.192. The number of aromatic amines is 1. The molecule has 0 radical (unpaired) electrons. The molecule has 3 rings (SSSR count). The van der Waals surface area contributed by atoms with Crippen molar-refractivity contribution in [1.82, 2.24) is 20.5 Å². The van der Waals surface area contributed by atoms with Crippen molar-refractivity contribution in [2.75, 3.05) is 0 Å². The summed E-state index contributed by atoms with van der Waals surface area (Å²) in [5.41, 5.74) is 3.21. The summed E-state index contributed by atoms with van der Waals surface area (Å²) in [6, 6.07) is 11.6. The van der Waals surface area contributed by atoms with E-state index in [9.17, 15) is 4.79 Å². The molecule has 3 aromatic rings. The van der Waals surface area contributed by atoms with E-state index in [1.807, 2.05) is 51.1 Å². The Morgan fingerprint density at radius 3 is 2.65 bits per heavy atom. The number of thiazole rings is 1. The number of carbonyl (C=O) groups is 1. The van der Waals surface area contributed by atoms with Crippen LogP contribution in [0.15, 0.2) is 36.4 Å². The molecule has 0 aliphatic rings. The number of aromatic nitrogens is 3. The van der Waals surface area contributed by atoms with Crippen molar-refractivity contribution in [1.29, 1.82) is 0 Å². The Morgan fingerprint density at radius 2 is 2.00 bits per heavy atom. The molecule has 118 valence electrons. The van der Waals surface area contributed by atoms with Gasteiger partial charge in [-0.1, -0.05) is 30.3 Å². The van der Waals surface area contributed by atoms with E-state index in [1.165, 1.54) is 0 Å². The molecule has 23 heavy (non-hydrogen) atoms. The number of H-pyrrole nitrogens is 1. The Bertz CT molecular complexity index is 822. The Kier molecular flexibility index (Phi) is 4.25. The zero-order chi connectivity index (χ0) is 16.4. The van der Waals surface area contributed by atoms with Gasteiger partial charge in [0.1, 0.15) is 0 Å². The third kappa shape index (κ3) is 3.32. The van der Waals surface area contributed by atoms with E-state index in [2.05, 4.69) is 20.5 Å². The molecule has 0 spiro atoms. The first-order valence-electron chi connectivity index (χ1n) is 7.40. The second-order valence-electron chi connectivity index (χ2n) is 5.42. The number of nitrogens with zero attached hydrogens (tertiary/aromatic N) is 2. The largest absolute Gasteiger partial charge is 0.344 e. The quantitative estimate of drug-likeness (QED) is 0.769. The van der Waals surface area contributed by atoms with Crippen LogP contribution < -0.4 is 5.32 Å². The topological polar surface area (TPSA) is 70.7 Å². The van der Waals surface area contributed by atoms with Gasteiger partial charge in [-0.05, 0) is 32.4 Å². The zero-order valence-electron chi connectivity index (χ0n) is 13.3. The van der Waals surface area contributed by atoms with Gasteiger partial charge in [0.2, 0.25) is 0 Å². The molecule has 2 aromatic heterocycles. The summed E-state index contributed by atoms with van der Waals surface area (Å²) in [6.45, 7) is 5.88. The Hall–Kier alpha value is -2.47. The fraction of sp³-hybridized carbons (Fsp3) is 0.235. The molecule has 1 amide bonds. The molecule has 0 saturated carbocycles. The SMILES string of the molecule is Cc1nc(C)c(-c2cc(C(=O)NC(C)c3ccccc3)n[nH]2)s1. The lowest BCUT2D eigenvalue weighted by molar-refractivity contribution is 0.0935. The van der Waals surface area contributed by atoms with E-state index in [4.69, 9.17) is 0 Å². The zero-order valence-corrected chi connectivity index (χ0v) is 14.1. The second-order valence-corrected chi connectivity index (χ2v) is 6.62. The third-order valence-corrected chi connectivity index (χ3v) is 4.71. The molecule has 0 aliphatic carbocycles. The molecule has 1 atom stereocenters. The van der Waals surface area contributed by atoms with Crippen molar-refractivity contribution in [3.63, 3.8) is 0 Å². The van der Waals surface area contributed by atoms with Crippen molar-refractivity contribution in [3.8, 4) is 10.6 Å². The van der Waals surface area contributed by atoms with Gasteiger partial charge in [0.05, 0.1) is 27.3 Å². The average molecular weight is 326 g/mol. The molecule has 0 bridgehead atoms. The van der Waals surface area contributed by atoms with Gasteiger partial charge >= 0.3 is 0 Å². The van der Waals surface area contributed by atoms with Crippen LogP contribution in [0.1, 0.15) is 39.7 Å². The Morgan fingerprint density at radius 1 is 1.26 bits per heavy atom. The number of nitrogens with one attached hydrogen (secondary N) is 2. The molecule has 0 fully saturated rings. The van der Waals surface area contributed by atoms with Crippen LogP contribution in [0.5, 0.6) is 0 Å². The number of carbonyl (C=O) groups excluding carboxylic acids is 1. The first-order chi connectivity index (χ1) is 11.0. The van der Waals surface area contributed by atoms with Crippen LogP contribution >= 0.6 is 11.3 Å². The highest BCUT2D eigenvalue weighted by Gasteiger charge is 2.16. The second kappa shape index (κ2) is 6.34. The maximum absolute atomic E-state index is 12.4. The highest BCUT2D eigenvalue weighted by atomic mass is 32.1. The first-order valence-corrected chi connectivity index (χ1v) is 8.22. The number of aryl methyl sites for hydroxylation is 2. The molecule has 5 nitrogen and oxygen atoms in total. The van der Waals surface area contributed by atoms with Crippen molar-refractivity contribution in [2.24, 2.45) is 0 Å². The van der Waals surface area contributed by atoms with Gasteiger partial charge in [-0.3, -0.25) is 9.89 Å². The number of rotatable bonds is 4. The van der Waals surface area contributed by atoms with E-state index >= 15 is 0 Å². The van der Waals surface area contributed by atoms with E-state index in [0.717, 1.165) is 26.8 Å². The molecule has 2 N–H and O–H groups in total. The van der Waals surface area contributed by atoms with E-state index < -0.39 is 0 Å². The normalized spacial score (nSPS) is 12.1. The van der Waals surface area contributed by atoms with Crippen molar-refractivity contribution in [2.45, 2.75) is 26.8 Å². The fourth-order valence-corrected chi connectivity index (χ4v) is 3.32. The van der Waals surface area contributed by atoms with Crippen molar-refractivity contribution < 1.29 is 4.79 Å². The molecule has 1 aromatic carbocycles. The van der Waals surface area contributed by atoms with Crippen LogP contribution in [-0.2, 0) is 0 Å². The van der Waals surface area contributed by atoms with Crippen LogP contribution in [0.25, 0.3) is 10.6 Å². The molecule has 0 aliphatic heterocycles. The minimum Gasteiger partial charge on any atom is -0.344 e. The third-order valence-electron chi connectivity index (χ3n) is 3.61. The summed E-state index contributed by atoms with van der Waals surface area (Å²) in [4.78, 5) is 17.8. The van der Waals surface area contributed by atoms with E-state index in [1.54, 1.807) is 17.4 Å². The maximum atomic E-state index is 12.4. The molecular weight excluding hydrogens is 308 g/mol. The van der Waals surface area contributed by atoms with Gasteiger partial charge in [0.15, 0.2) is 5.69 Å². The summed E-state index contributed by atoms with van der Waals surface area (Å²) in [7, 11) is 0. The fourth-order valence-electron chi connectivity index (χ4n) is 2.43. The standard InChI is InChI=1S/C17H18N4OS/c1-10(13-7-5-4-6-8-13)19-17(22)15-9-14(20-21-15)16-11(2)18-12(3)23-16/h4-10H,1-3H3,(H,19,22)(H,20,21). The van der Waals surface area contributed by atoms with Crippen LogP contribution in [0.2, 0.25) is 0 Å². The van der Waals surface area contributed by atoms with Gasteiger partial charge in [-0.25, -0.2) is 4.98 Å². The lowest BCUT2D eigenvalue weighted by atomic mass is 10.1. The van der Waals surface area contributed by atoms with Crippen LogP contribution in [0.3, 0.4) is 0 Å². The van der Waals surface area contributed by atoms with E-state index in [-0.39, 0.29) is 11.9 Å². The van der Waals surface area contributed by atoms with Gasteiger partial charge in [-0.2, -0.15) is 5.10 Å². The molecular formula is C17H18N4OS. The Balaban J connectivity index is 1.75. The number of hydrogen-bond acceptors (Lipinski definition) is 4. The molecule has 0 saturated heterocycles. The van der Waals surface area contributed by atoms with Crippen molar-refractivity contribution >= 4 is 17.2 Å². The van der Waals surface area contributed by atoms with Crippen LogP contribution in [0.4, 0.5) is 0 Å². The highest BCUT2D eigenvalue weighted by molar-refractivity contribution is 7.15. The summed E-state index contributed by atoms with van der Waals surface area (Å²) in [6.07, 6.45) is 0. The molecule has 1 unspecified atom stereocenters. The number of benzene rings is 1. The summed E-state index contributed by atoms with van der Waals surface area (Å²) < 4.78 is 0. The van der Waals surface area contributed by atoms with Crippen LogP contribution in [0, 0.1) is 13.8 Å². The monoisotopic (exact) mass is 326 g/mol. The summed E-state index contributed by atoms with van der Waals surface area (Å²) in [5.74, 6) is -0.192. The number of amides is 1. The molecule has 6 heteroatoms. The van der Waals surface area contributed by atoms with Crippen LogP contribution in [-0.4, -0.2) is 21.1 Å². The summed E-state index contributed by atoms with van der Waals surface area (Å²) in [5, 5.41) is 11.0. The molecule has 2 heterocycles. The lowest BCUT2D eigenvalue weighted by Gasteiger charge is -2.12. The summed E-state index contributed by atoms with van der Waals surface area (Å²) >= 11 is 1.59. The maximum Gasteiger partial charge on any atom is 0.272 e. The number of hydrogen-bond donors (Lipinski definition) is 2. The van der Waals surface area contributed by atoms with Crippen molar-refractivity contribution in [3.05, 3.63) is 58.4 Å². The van der Waals surface area contributed by atoms with Gasteiger partial charge in [0, 0.05) is 0 Å².